The topological polar surface area (TPSA) is 32.3 Å². The number of amides is 1. The van der Waals surface area contributed by atoms with E-state index in [1.54, 1.807) is 0 Å². The second-order valence-electron chi connectivity index (χ2n) is 6.03. The number of rotatable bonds is 0. The highest BCUT2D eigenvalue weighted by Crippen LogP contribution is 2.35. The fourth-order valence-electron chi connectivity index (χ4n) is 2.90. The van der Waals surface area contributed by atoms with E-state index < -0.39 is 0 Å². The molecular weight excluding hydrogens is 188 g/mol. The Labute approximate surface area is 92.2 Å². The SMILES string of the molecule is C[C@@H]1C[C@H]2CNC[C@@H]2N1C(=O)C(C)(C)C. The van der Waals surface area contributed by atoms with Crippen LogP contribution in [0.1, 0.15) is 34.1 Å². The van der Waals surface area contributed by atoms with E-state index in [1.807, 2.05) is 20.8 Å². The van der Waals surface area contributed by atoms with Crippen LogP contribution < -0.4 is 5.32 Å². The predicted molar refractivity (Wildman–Crippen MR) is 60.5 cm³/mol. The van der Waals surface area contributed by atoms with Crippen molar-refractivity contribution in [3.05, 3.63) is 0 Å². The minimum absolute atomic E-state index is 0.244. The van der Waals surface area contributed by atoms with Crippen LogP contribution in [0.2, 0.25) is 0 Å². The molecule has 2 aliphatic heterocycles. The van der Waals surface area contributed by atoms with Crippen LogP contribution >= 0.6 is 0 Å². The van der Waals surface area contributed by atoms with Crippen LogP contribution in [0, 0.1) is 11.3 Å². The van der Waals surface area contributed by atoms with Crippen molar-refractivity contribution < 1.29 is 4.79 Å². The number of nitrogens with zero attached hydrogens (tertiary/aromatic N) is 1. The second-order valence-corrected chi connectivity index (χ2v) is 6.03. The molecule has 0 aromatic rings. The van der Waals surface area contributed by atoms with Crippen LogP contribution in [0.15, 0.2) is 0 Å². The van der Waals surface area contributed by atoms with Crippen LogP contribution in [0.4, 0.5) is 0 Å². The molecule has 1 N–H and O–H groups in total. The van der Waals surface area contributed by atoms with Gasteiger partial charge in [0.1, 0.15) is 0 Å². The lowest BCUT2D eigenvalue weighted by Gasteiger charge is -2.33. The molecule has 2 rings (SSSR count). The molecule has 0 bridgehead atoms. The first-order valence-corrected chi connectivity index (χ1v) is 5.94. The summed E-state index contributed by atoms with van der Waals surface area (Å²) in [6.07, 6.45) is 1.17. The molecule has 0 spiro atoms. The number of fused-ring (bicyclic) bond motifs is 1. The number of hydrogen-bond acceptors (Lipinski definition) is 2. The maximum absolute atomic E-state index is 12.3. The Bertz CT molecular complexity index is 269. The van der Waals surface area contributed by atoms with Gasteiger partial charge < -0.3 is 10.2 Å². The first-order chi connectivity index (χ1) is 6.91. The zero-order valence-electron chi connectivity index (χ0n) is 10.2. The number of nitrogens with one attached hydrogen (secondary N) is 1. The lowest BCUT2D eigenvalue weighted by molar-refractivity contribution is -0.142. The number of carbonyl (C=O) groups is 1. The van der Waals surface area contributed by atoms with E-state index in [9.17, 15) is 4.79 Å². The monoisotopic (exact) mass is 210 g/mol. The molecule has 2 aliphatic rings. The maximum Gasteiger partial charge on any atom is 0.228 e. The third-order valence-electron chi connectivity index (χ3n) is 3.66. The summed E-state index contributed by atoms with van der Waals surface area (Å²) in [7, 11) is 0. The Morgan fingerprint density at radius 2 is 2.00 bits per heavy atom. The lowest BCUT2D eigenvalue weighted by Crippen LogP contribution is -2.47. The second kappa shape index (κ2) is 3.48. The molecule has 0 radical (unpaired) electrons. The van der Waals surface area contributed by atoms with Gasteiger partial charge in [-0.25, -0.2) is 0 Å². The van der Waals surface area contributed by atoms with Crippen molar-refractivity contribution in [2.45, 2.75) is 46.2 Å². The van der Waals surface area contributed by atoms with Gasteiger partial charge in [-0.2, -0.15) is 0 Å². The summed E-state index contributed by atoms with van der Waals surface area (Å²) in [6, 6.07) is 0.876. The fourth-order valence-corrected chi connectivity index (χ4v) is 2.90. The highest BCUT2D eigenvalue weighted by atomic mass is 16.2. The van der Waals surface area contributed by atoms with E-state index >= 15 is 0 Å². The van der Waals surface area contributed by atoms with Crippen LogP contribution in [0.25, 0.3) is 0 Å². The molecular formula is C12H22N2O. The van der Waals surface area contributed by atoms with Crippen molar-refractivity contribution in [1.82, 2.24) is 10.2 Å². The van der Waals surface area contributed by atoms with Crippen molar-refractivity contribution >= 4 is 5.91 Å². The molecule has 3 heteroatoms. The molecule has 1 amide bonds. The predicted octanol–water partition coefficient (Wildman–Crippen LogP) is 1.24. The Morgan fingerprint density at radius 3 is 2.60 bits per heavy atom. The van der Waals surface area contributed by atoms with Crippen LogP contribution in [-0.2, 0) is 4.79 Å². The van der Waals surface area contributed by atoms with E-state index in [1.165, 1.54) is 6.42 Å². The van der Waals surface area contributed by atoms with Gasteiger partial charge in [0.15, 0.2) is 0 Å². The lowest BCUT2D eigenvalue weighted by atomic mass is 9.94. The summed E-state index contributed by atoms with van der Waals surface area (Å²) in [4.78, 5) is 14.4. The van der Waals surface area contributed by atoms with Gasteiger partial charge in [0, 0.05) is 30.6 Å². The minimum Gasteiger partial charge on any atom is -0.335 e. The number of hydrogen-bond donors (Lipinski definition) is 1. The molecule has 0 aliphatic carbocycles. The van der Waals surface area contributed by atoms with E-state index in [0.717, 1.165) is 13.1 Å². The molecule has 0 saturated carbocycles. The quantitative estimate of drug-likeness (QED) is 0.652. The smallest absolute Gasteiger partial charge is 0.228 e. The molecule has 3 atom stereocenters. The van der Waals surface area contributed by atoms with Crippen LogP contribution in [0.3, 0.4) is 0 Å². The summed E-state index contributed by atoms with van der Waals surface area (Å²) >= 11 is 0. The van der Waals surface area contributed by atoms with E-state index in [-0.39, 0.29) is 5.41 Å². The van der Waals surface area contributed by atoms with Crippen LogP contribution in [-0.4, -0.2) is 36.0 Å². The largest absolute Gasteiger partial charge is 0.335 e. The zero-order chi connectivity index (χ0) is 11.2. The normalized spacial score (nSPS) is 35.7. The van der Waals surface area contributed by atoms with Gasteiger partial charge in [0.2, 0.25) is 5.91 Å². The Balaban J connectivity index is 2.17. The van der Waals surface area contributed by atoms with Crippen molar-refractivity contribution in [2.75, 3.05) is 13.1 Å². The average Bonchev–Trinajstić information content (AvgIpc) is 2.60. The molecule has 2 saturated heterocycles. The van der Waals surface area contributed by atoms with Crippen molar-refractivity contribution in [2.24, 2.45) is 11.3 Å². The first-order valence-electron chi connectivity index (χ1n) is 5.94. The molecule has 86 valence electrons. The van der Waals surface area contributed by atoms with Gasteiger partial charge >= 0.3 is 0 Å². The molecule has 0 aromatic carbocycles. The van der Waals surface area contributed by atoms with E-state index in [4.69, 9.17) is 0 Å². The Morgan fingerprint density at radius 1 is 1.33 bits per heavy atom. The van der Waals surface area contributed by atoms with Crippen molar-refractivity contribution in [3.63, 3.8) is 0 Å². The summed E-state index contributed by atoms with van der Waals surface area (Å²) in [5.74, 6) is 0.998. The zero-order valence-corrected chi connectivity index (χ0v) is 10.2. The summed E-state index contributed by atoms with van der Waals surface area (Å²) in [5.41, 5.74) is -0.244. The molecule has 2 heterocycles. The van der Waals surface area contributed by atoms with Gasteiger partial charge in [-0.05, 0) is 19.3 Å². The third-order valence-corrected chi connectivity index (χ3v) is 3.66. The van der Waals surface area contributed by atoms with Gasteiger partial charge in [0.25, 0.3) is 0 Å². The van der Waals surface area contributed by atoms with Crippen LogP contribution in [0.5, 0.6) is 0 Å². The van der Waals surface area contributed by atoms with Gasteiger partial charge in [-0.15, -0.1) is 0 Å². The third kappa shape index (κ3) is 1.78. The molecule has 15 heavy (non-hydrogen) atoms. The summed E-state index contributed by atoms with van der Waals surface area (Å²) in [6.45, 7) is 10.3. The standard InChI is InChI=1S/C12H22N2O/c1-8-5-9-6-13-7-10(9)14(8)11(15)12(2,3)4/h8-10,13H,5-7H2,1-4H3/t8-,9+,10+/m1/s1. The summed E-state index contributed by atoms with van der Waals surface area (Å²) in [5, 5.41) is 3.39. The Hall–Kier alpha value is -0.570. The molecule has 0 unspecified atom stereocenters. The Kier molecular flexibility index (Phi) is 2.53. The minimum atomic E-state index is -0.244. The van der Waals surface area contributed by atoms with Gasteiger partial charge in [-0.3, -0.25) is 4.79 Å². The molecule has 0 aromatic heterocycles. The maximum atomic E-state index is 12.3. The number of likely N-dealkylation sites (tertiary alicyclic amines) is 1. The highest BCUT2D eigenvalue weighted by Gasteiger charge is 2.46. The van der Waals surface area contributed by atoms with Crippen molar-refractivity contribution in [3.8, 4) is 0 Å². The van der Waals surface area contributed by atoms with E-state index in [2.05, 4.69) is 17.1 Å². The molecule has 3 nitrogen and oxygen atoms in total. The highest BCUT2D eigenvalue weighted by molar-refractivity contribution is 5.82. The van der Waals surface area contributed by atoms with Crippen molar-refractivity contribution in [1.29, 1.82) is 0 Å². The summed E-state index contributed by atoms with van der Waals surface area (Å²) < 4.78 is 0. The van der Waals surface area contributed by atoms with Gasteiger partial charge in [0.05, 0.1) is 0 Å². The molecule has 2 fully saturated rings. The van der Waals surface area contributed by atoms with Gasteiger partial charge in [-0.1, -0.05) is 20.8 Å². The fraction of sp³-hybridized carbons (Fsp3) is 0.917. The van der Waals surface area contributed by atoms with E-state index in [0.29, 0.717) is 23.9 Å². The first kappa shape index (κ1) is 10.9. The average molecular weight is 210 g/mol. The number of carbonyl (C=O) groups excluding carboxylic acids is 1.